The smallest absolute Gasteiger partial charge is 0.322 e. The molecule has 168 valence electrons. The van der Waals surface area contributed by atoms with E-state index >= 15 is 0 Å². The quantitative estimate of drug-likeness (QED) is 0.489. The van der Waals surface area contributed by atoms with Crippen LogP contribution in [0.15, 0.2) is 78.1 Å². The van der Waals surface area contributed by atoms with Gasteiger partial charge in [0.1, 0.15) is 18.1 Å². The van der Waals surface area contributed by atoms with Crippen LogP contribution in [0.5, 0.6) is 5.75 Å². The number of benzene rings is 1. The van der Waals surface area contributed by atoms with Crippen molar-refractivity contribution in [2.45, 2.75) is 13.1 Å². The van der Waals surface area contributed by atoms with E-state index in [0.717, 1.165) is 5.69 Å². The van der Waals surface area contributed by atoms with Crippen LogP contribution in [0.2, 0.25) is 0 Å². The van der Waals surface area contributed by atoms with Gasteiger partial charge in [-0.15, -0.1) is 6.58 Å². The second-order valence-electron chi connectivity index (χ2n) is 7.27. The molecule has 8 nitrogen and oxygen atoms in total. The van der Waals surface area contributed by atoms with Gasteiger partial charge in [0.05, 0.1) is 26.5 Å². The van der Waals surface area contributed by atoms with Gasteiger partial charge in [-0.2, -0.15) is 0 Å². The molecule has 8 heteroatoms. The molecule has 3 amide bonds. The summed E-state index contributed by atoms with van der Waals surface area (Å²) in [6, 6.07) is 14.1. The maximum absolute atomic E-state index is 13.2. The number of hydrogen-bond acceptors (Lipinski definition) is 4. The van der Waals surface area contributed by atoms with Crippen molar-refractivity contribution >= 4 is 17.6 Å². The fourth-order valence-corrected chi connectivity index (χ4v) is 3.22. The molecule has 32 heavy (non-hydrogen) atoms. The number of urea groups is 1. The molecule has 0 aliphatic rings. The standard InChI is InChI=1S/C24H28N4O4/c1-4-12-27(24(30)25-19-8-5-10-21(15-19)31-3)18-23(29)28(17-22-11-7-14-32-22)16-20-9-6-13-26(20)2/h4-11,13-15H,1,12,16-18H2,2-3H3,(H,25,30). The van der Waals surface area contributed by atoms with E-state index in [1.165, 1.54) is 4.90 Å². The van der Waals surface area contributed by atoms with Crippen molar-refractivity contribution in [2.24, 2.45) is 7.05 Å². The number of aromatic nitrogens is 1. The highest BCUT2D eigenvalue weighted by Crippen LogP contribution is 2.17. The van der Waals surface area contributed by atoms with E-state index in [4.69, 9.17) is 9.15 Å². The van der Waals surface area contributed by atoms with Crippen LogP contribution in [0.3, 0.4) is 0 Å². The first-order valence-corrected chi connectivity index (χ1v) is 10.2. The minimum atomic E-state index is -0.400. The zero-order valence-electron chi connectivity index (χ0n) is 18.4. The molecule has 0 atom stereocenters. The van der Waals surface area contributed by atoms with Gasteiger partial charge < -0.3 is 28.8 Å². The van der Waals surface area contributed by atoms with Gasteiger partial charge in [0, 0.05) is 37.2 Å². The second-order valence-corrected chi connectivity index (χ2v) is 7.27. The van der Waals surface area contributed by atoms with Crippen LogP contribution in [0.4, 0.5) is 10.5 Å². The molecule has 2 aromatic heterocycles. The number of aryl methyl sites for hydroxylation is 1. The van der Waals surface area contributed by atoms with Crippen molar-refractivity contribution in [3.63, 3.8) is 0 Å². The summed E-state index contributed by atoms with van der Waals surface area (Å²) in [5.41, 5.74) is 1.55. The van der Waals surface area contributed by atoms with Crippen molar-refractivity contribution in [1.82, 2.24) is 14.4 Å². The molecule has 3 aromatic rings. The van der Waals surface area contributed by atoms with Crippen LogP contribution in [-0.4, -0.2) is 46.5 Å². The average molecular weight is 437 g/mol. The fourth-order valence-electron chi connectivity index (χ4n) is 3.22. The monoisotopic (exact) mass is 436 g/mol. The van der Waals surface area contributed by atoms with E-state index in [9.17, 15) is 9.59 Å². The Kier molecular flexibility index (Phi) is 7.75. The number of carbonyl (C=O) groups is 2. The lowest BCUT2D eigenvalue weighted by Gasteiger charge is -2.27. The van der Waals surface area contributed by atoms with Gasteiger partial charge in [0.2, 0.25) is 5.91 Å². The average Bonchev–Trinajstić information content (AvgIpc) is 3.45. The normalized spacial score (nSPS) is 10.4. The minimum Gasteiger partial charge on any atom is -0.497 e. The van der Waals surface area contributed by atoms with E-state index in [-0.39, 0.29) is 19.0 Å². The van der Waals surface area contributed by atoms with Crippen molar-refractivity contribution in [2.75, 3.05) is 25.5 Å². The van der Waals surface area contributed by atoms with Crippen LogP contribution in [-0.2, 0) is 24.9 Å². The number of furan rings is 1. The van der Waals surface area contributed by atoms with Gasteiger partial charge in [-0.05, 0) is 36.4 Å². The predicted molar refractivity (Wildman–Crippen MR) is 122 cm³/mol. The Labute approximate surface area is 187 Å². The van der Waals surface area contributed by atoms with Gasteiger partial charge in [0.15, 0.2) is 0 Å². The summed E-state index contributed by atoms with van der Waals surface area (Å²) in [6.45, 7) is 4.53. The Hall–Kier alpha value is -3.94. The third kappa shape index (κ3) is 6.04. The predicted octanol–water partition coefficient (Wildman–Crippen LogP) is 3.88. The van der Waals surface area contributed by atoms with Crippen molar-refractivity contribution in [1.29, 1.82) is 0 Å². The summed E-state index contributed by atoms with van der Waals surface area (Å²) < 4.78 is 12.6. The summed E-state index contributed by atoms with van der Waals surface area (Å²) in [7, 11) is 3.49. The van der Waals surface area contributed by atoms with Gasteiger partial charge in [-0.1, -0.05) is 12.1 Å². The molecule has 1 aromatic carbocycles. The summed E-state index contributed by atoms with van der Waals surface area (Å²) in [5.74, 6) is 1.09. The molecule has 0 radical (unpaired) electrons. The summed E-state index contributed by atoms with van der Waals surface area (Å²) in [5, 5.41) is 2.81. The molecular formula is C24H28N4O4. The van der Waals surface area contributed by atoms with E-state index in [2.05, 4.69) is 11.9 Å². The zero-order valence-corrected chi connectivity index (χ0v) is 18.4. The number of anilines is 1. The van der Waals surface area contributed by atoms with Crippen LogP contribution in [0.1, 0.15) is 11.5 Å². The van der Waals surface area contributed by atoms with Crippen LogP contribution in [0.25, 0.3) is 0 Å². The highest BCUT2D eigenvalue weighted by Gasteiger charge is 2.22. The SMILES string of the molecule is C=CCN(CC(=O)N(Cc1ccco1)Cc1cccn1C)C(=O)Nc1cccc(OC)c1. The molecule has 0 saturated carbocycles. The molecule has 0 aliphatic carbocycles. The Morgan fingerprint density at radius 2 is 2.00 bits per heavy atom. The molecule has 1 N–H and O–H groups in total. The van der Waals surface area contributed by atoms with E-state index in [1.54, 1.807) is 54.7 Å². The van der Waals surface area contributed by atoms with Crippen molar-refractivity contribution in [3.05, 3.63) is 85.1 Å². The number of carbonyl (C=O) groups excluding carboxylic acids is 2. The zero-order chi connectivity index (χ0) is 22.9. The molecule has 2 heterocycles. The molecule has 0 unspecified atom stereocenters. The number of nitrogens with zero attached hydrogens (tertiary/aromatic N) is 3. The number of hydrogen-bond donors (Lipinski definition) is 1. The summed E-state index contributed by atoms with van der Waals surface area (Å²) in [6.07, 6.45) is 5.09. The Balaban J connectivity index is 1.73. The molecule has 0 fully saturated rings. The first-order valence-electron chi connectivity index (χ1n) is 10.2. The second kappa shape index (κ2) is 10.9. The first-order chi connectivity index (χ1) is 15.5. The third-order valence-electron chi connectivity index (χ3n) is 4.97. The highest BCUT2D eigenvalue weighted by molar-refractivity contribution is 5.92. The molecular weight excluding hydrogens is 408 g/mol. The van der Waals surface area contributed by atoms with E-state index < -0.39 is 6.03 Å². The van der Waals surface area contributed by atoms with Crippen molar-refractivity contribution in [3.8, 4) is 5.75 Å². The largest absolute Gasteiger partial charge is 0.497 e. The van der Waals surface area contributed by atoms with E-state index in [1.807, 2.05) is 36.0 Å². The fraction of sp³-hybridized carbons (Fsp3) is 0.250. The number of ether oxygens (including phenoxy) is 1. The van der Waals surface area contributed by atoms with E-state index in [0.29, 0.717) is 30.3 Å². The van der Waals surface area contributed by atoms with Gasteiger partial charge in [-0.25, -0.2) is 4.79 Å². The third-order valence-corrected chi connectivity index (χ3v) is 4.97. The number of methoxy groups -OCH3 is 1. The maximum Gasteiger partial charge on any atom is 0.322 e. The van der Waals surface area contributed by atoms with Crippen LogP contribution < -0.4 is 10.1 Å². The number of nitrogens with one attached hydrogen (secondary N) is 1. The first kappa shape index (κ1) is 22.7. The number of rotatable bonds is 10. The molecule has 0 spiro atoms. The molecule has 3 rings (SSSR count). The van der Waals surface area contributed by atoms with Crippen molar-refractivity contribution < 1.29 is 18.7 Å². The van der Waals surface area contributed by atoms with Crippen LogP contribution >= 0.6 is 0 Å². The molecule has 0 aliphatic heterocycles. The summed E-state index contributed by atoms with van der Waals surface area (Å²) in [4.78, 5) is 29.2. The lowest BCUT2D eigenvalue weighted by Crippen LogP contribution is -2.44. The lowest BCUT2D eigenvalue weighted by atomic mass is 10.3. The van der Waals surface area contributed by atoms with Crippen LogP contribution in [0, 0.1) is 0 Å². The Morgan fingerprint density at radius 1 is 1.16 bits per heavy atom. The highest BCUT2D eigenvalue weighted by atomic mass is 16.5. The van der Waals surface area contributed by atoms with Gasteiger partial charge in [-0.3, -0.25) is 4.79 Å². The van der Waals surface area contributed by atoms with Gasteiger partial charge in [0.25, 0.3) is 0 Å². The Morgan fingerprint density at radius 3 is 2.66 bits per heavy atom. The molecule has 0 bridgehead atoms. The minimum absolute atomic E-state index is 0.104. The topological polar surface area (TPSA) is 80.0 Å². The number of amides is 3. The molecule has 0 saturated heterocycles. The maximum atomic E-state index is 13.2. The summed E-state index contributed by atoms with van der Waals surface area (Å²) >= 11 is 0. The Bertz CT molecular complexity index is 1040. The van der Waals surface area contributed by atoms with Gasteiger partial charge >= 0.3 is 6.03 Å². The lowest BCUT2D eigenvalue weighted by molar-refractivity contribution is -0.133.